The van der Waals surface area contributed by atoms with E-state index in [-0.39, 0.29) is 11.9 Å². The fraction of sp³-hybridized carbons (Fsp3) is 0.409. The van der Waals surface area contributed by atoms with E-state index in [0.29, 0.717) is 12.1 Å². The number of carbonyl (C=O) groups is 1. The van der Waals surface area contributed by atoms with Crippen LogP contribution in [-0.2, 0) is 14.8 Å². The molecule has 2 atom stereocenters. The number of hydrogen-bond acceptors (Lipinski definition) is 3. The molecule has 152 valence electrons. The lowest BCUT2D eigenvalue weighted by Crippen LogP contribution is -2.49. The number of carbonyl (C=O) groups excluding carboxylic acids is 1. The lowest BCUT2D eigenvalue weighted by Gasteiger charge is -2.31. The zero-order valence-electron chi connectivity index (χ0n) is 17.5. The number of benzene rings is 2. The van der Waals surface area contributed by atoms with Gasteiger partial charge in [-0.25, -0.2) is 8.42 Å². The van der Waals surface area contributed by atoms with Crippen LogP contribution in [0.2, 0.25) is 0 Å². The summed E-state index contributed by atoms with van der Waals surface area (Å²) in [7, 11) is -3.63. The van der Waals surface area contributed by atoms with E-state index < -0.39 is 16.1 Å². The Morgan fingerprint density at radius 1 is 1.04 bits per heavy atom. The van der Waals surface area contributed by atoms with Crippen molar-refractivity contribution in [3.05, 3.63) is 64.7 Å². The summed E-state index contributed by atoms with van der Waals surface area (Å²) in [6.07, 6.45) is 1.50. The average Bonchev–Trinajstić information content (AvgIpc) is 2.61. The van der Waals surface area contributed by atoms with E-state index in [9.17, 15) is 13.2 Å². The first-order valence-corrected chi connectivity index (χ1v) is 11.3. The predicted octanol–water partition coefficient (Wildman–Crippen LogP) is 4.03. The van der Waals surface area contributed by atoms with Gasteiger partial charge in [0.2, 0.25) is 15.9 Å². The maximum absolute atomic E-state index is 13.1. The zero-order chi connectivity index (χ0) is 21.1. The molecule has 0 saturated carbocycles. The van der Waals surface area contributed by atoms with Gasteiger partial charge >= 0.3 is 0 Å². The summed E-state index contributed by atoms with van der Waals surface area (Å²) in [6, 6.07) is 12.2. The van der Waals surface area contributed by atoms with E-state index in [2.05, 4.69) is 11.4 Å². The van der Waals surface area contributed by atoms with Gasteiger partial charge in [0.1, 0.15) is 6.04 Å². The van der Waals surface area contributed by atoms with E-state index in [1.54, 1.807) is 12.1 Å². The Labute approximate surface area is 168 Å². The first-order valence-electron chi connectivity index (χ1n) is 9.48. The van der Waals surface area contributed by atoms with Crippen molar-refractivity contribution in [1.29, 1.82) is 0 Å². The summed E-state index contributed by atoms with van der Waals surface area (Å²) in [5.41, 5.74) is 4.76. The Bertz CT molecular complexity index is 937. The first-order chi connectivity index (χ1) is 13.0. The molecule has 2 rings (SSSR count). The number of rotatable bonds is 7. The highest BCUT2D eigenvalue weighted by atomic mass is 32.2. The van der Waals surface area contributed by atoms with Crippen molar-refractivity contribution in [3.63, 3.8) is 0 Å². The van der Waals surface area contributed by atoms with E-state index in [4.69, 9.17) is 0 Å². The Morgan fingerprint density at radius 2 is 1.61 bits per heavy atom. The molecule has 6 heteroatoms. The third-order valence-electron chi connectivity index (χ3n) is 4.88. The Morgan fingerprint density at radius 3 is 2.14 bits per heavy atom. The number of nitrogens with zero attached hydrogens (tertiary/aromatic N) is 1. The minimum absolute atomic E-state index is 0.221. The van der Waals surface area contributed by atoms with Crippen LogP contribution in [0, 0.1) is 20.8 Å². The topological polar surface area (TPSA) is 66.5 Å². The molecule has 0 aliphatic carbocycles. The van der Waals surface area contributed by atoms with Crippen LogP contribution < -0.4 is 9.62 Å². The monoisotopic (exact) mass is 402 g/mol. The van der Waals surface area contributed by atoms with Gasteiger partial charge in [-0.1, -0.05) is 48.4 Å². The number of aryl methyl sites for hydroxylation is 3. The predicted molar refractivity (Wildman–Crippen MR) is 115 cm³/mol. The summed E-state index contributed by atoms with van der Waals surface area (Å²) in [6.45, 7) is 9.69. The largest absolute Gasteiger partial charge is 0.348 e. The van der Waals surface area contributed by atoms with Crippen LogP contribution in [0.3, 0.4) is 0 Å². The standard InChI is InChI=1S/C22H30N2O3S/c1-7-21(24(28(6,26)27)19-12-9-15(2)10-13-19)22(25)23-18(5)20-14-16(3)8-11-17(20)4/h8-14,18,21H,7H2,1-6H3,(H,23,25)/t18-,21-/m1/s1. The number of amides is 1. The van der Waals surface area contributed by atoms with Gasteiger partial charge in [-0.05, 0) is 57.4 Å². The van der Waals surface area contributed by atoms with Gasteiger partial charge in [0.05, 0.1) is 18.0 Å². The quantitative estimate of drug-likeness (QED) is 0.760. The van der Waals surface area contributed by atoms with Crippen molar-refractivity contribution in [3.8, 4) is 0 Å². The van der Waals surface area contributed by atoms with Crippen molar-refractivity contribution in [2.24, 2.45) is 0 Å². The summed E-state index contributed by atoms with van der Waals surface area (Å²) < 4.78 is 26.3. The maximum Gasteiger partial charge on any atom is 0.244 e. The van der Waals surface area contributed by atoms with E-state index >= 15 is 0 Å². The van der Waals surface area contributed by atoms with Crippen molar-refractivity contribution in [2.45, 2.75) is 53.1 Å². The number of nitrogens with one attached hydrogen (secondary N) is 1. The molecule has 0 bridgehead atoms. The van der Waals surface area contributed by atoms with E-state index in [0.717, 1.165) is 28.5 Å². The van der Waals surface area contributed by atoms with Crippen LogP contribution in [0.4, 0.5) is 5.69 Å². The molecule has 1 N–H and O–H groups in total. The van der Waals surface area contributed by atoms with Gasteiger partial charge in [0.15, 0.2) is 0 Å². The molecule has 0 heterocycles. The van der Waals surface area contributed by atoms with Crippen LogP contribution in [0.1, 0.15) is 48.6 Å². The SMILES string of the molecule is CC[C@H](C(=O)N[C@H](C)c1cc(C)ccc1C)N(c1ccc(C)cc1)S(C)(=O)=O. The molecule has 0 fully saturated rings. The third-order valence-corrected chi connectivity index (χ3v) is 6.06. The van der Waals surface area contributed by atoms with Crippen LogP contribution in [-0.4, -0.2) is 26.6 Å². The molecule has 0 radical (unpaired) electrons. The van der Waals surface area contributed by atoms with Crippen LogP contribution in [0.5, 0.6) is 0 Å². The average molecular weight is 403 g/mol. The van der Waals surface area contributed by atoms with Gasteiger partial charge in [-0.2, -0.15) is 0 Å². The van der Waals surface area contributed by atoms with Crippen molar-refractivity contribution >= 4 is 21.6 Å². The summed E-state index contributed by atoms with van der Waals surface area (Å²) in [4.78, 5) is 13.1. The highest BCUT2D eigenvalue weighted by Gasteiger charge is 2.32. The summed E-state index contributed by atoms with van der Waals surface area (Å²) in [5.74, 6) is -0.304. The van der Waals surface area contributed by atoms with Crippen molar-refractivity contribution in [1.82, 2.24) is 5.32 Å². The Kier molecular flexibility index (Phi) is 6.88. The highest BCUT2D eigenvalue weighted by molar-refractivity contribution is 7.92. The molecular weight excluding hydrogens is 372 g/mol. The minimum atomic E-state index is -3.63. The Hall–Kier alpha value is -2.34. The first kappa shape index (κ1) is 22.0. The van der Waals surface area contributed by atoms with Gasteiger partial charge in [-0.15, -0.1) is 0 Å². The molecule has 0 saturated heterocycles. The maximum atomic E-state index is 13.1. The van der Waals surface area contributed by atoms with Gasteiger partial charge < -0.3 is 5.32 Å². The van der Waals surface area contributed by atoms with Gasteiger partial charge in [0, 0.05) is 0 Å². The minimum Gasteiger partial charge on any atom is -0.348 e. The second kappa shape index (κ2) is 8.78. The zero-order valence-corrected chi connectivity index (χ0v) is 18.3. The molecule has 2 aromatic rings. The number of sulfonamides is 1. The molecular formula is C22H30N2O3S. The molecule has 0 aliphatic heterocycles. The fourth-order valence-electron chi connectivity index (χ4n) is 3.37. The molecule has 0 unspecified atom stereocenters. The Balaban J connectivity index is 2.33. The van der Waals surface area contributed by atoms with E-state index in [1.165, 1.54) is 4.31 Å². The highest BCUT2D eigenvalue weighted by Crippen LogP contribution is 2.24. The smallest absolute Gasteiger partial charge is 0.244 e. The molecule has 0 aromatic heterocycles. The second-order valence-corrected chi connectivity index (χ2v) is 9.27. The van der Waals surface area contributed by atoms with Crippen LogP contribution in [0.15, 0.2) is 42.5 Å². The van der Waals surface area contributed by atoms with Crippen molar-refractivity contribution < 1.29 is 13.2 Å². The second-order valence-electron chi connectivity index (χ2n) is 7.41. The molecule has 5 nitrogen and oxygen atoms in total. The molecule has 2 aromatic carbocycles. The molecule has 1 amide bonds. The lowest BCUT2D eigenvalue weighted by atomic mass is 9.99. The number of anilines is 1. The van der Waals surface area contributed by atoms with Crippen LogP contribution >= 0.6 is 0 Å². The lowest BCUT2D eigenvalue weighted by molar-refractivity contribution is -0.122. The van der Waals surface area contributed by atoms with Crippen molar-refractivity contribution in [2.75, 3.05) is 10.6 Å². The molecule has 0 aliphatic rings. The number of hydrogen-bond donors (Lipinski definition) is 1. The fourth-order valence-corrected chi connectivity index (χ4v) is 4.58. The van der Waals surface area contributed by atoms with Gasteiger partial charge in [0.25, 0.3) is 0 Å². The third kappa shape index (κ3) is 5.13. The van der Waals surface area contributed by atoms with E-state index in [1.807, 2.05) is 58.9 Å². The molecule has 28 heavy (non-hydrogen) atoms. The summed E-state index contributed by atoms with van der Waals surface area (Å²) in [5, 5.41) is 3.00. The molecule has 0 spiro atoms. The van der Waals surface area contributed by atoms with Crippen LogP contribution in [0.25, 0.3) is 0 Å². The normalized spacial score (nSPS) is 13.6. The van der Waals surface area contributed by atoms with Gasteiger partial charge in [-0.3, -0.25) is 9.10 Å². The summed E-state index contributed by atoms with van der Waals surface area (Å²) >= 11 is 0.